The van der Waals surface area contributed by atoms with E-state index in [0.717, 1.165) is 11.3 Å². The van der Waals surface area contributed by atoms with Gasteiger partial charge in [-0.2, -0.15) is 11.8 Å². The van der Waals surface area contributed by atoms with E-state index in [-0.39, 0.29) is 5.78 Å². The zero-order valence-electron chi connectivity index (χ0n) is 9.33. The van der Waals surface area contributed by atoms with Crippen LogP contribution in [0.3, 0.4) is 0 Å². The van der Waals surface area contributed by atoms with E-state index in [1.165, 1.54) is 6.92 Å². The van der Waals surface area contributed by atoms with Crippen LogP contribution in [-0.2, 0) is 6.42 Å². The summed E-state index contributed by atoms with van der Waals surface area (Å²) in [5.41, 5.74) is 0.396. The lowest BCUT2D eigenvalue weighted by molar-refractivity contribution is 0.101. The summed E-state index contributed by atoms with van der Waals surface area (Å²) in [5.74, 6) is 1.46. The molecule has 3 heteroatoms. The van der Waals surface area contributed by atoms with Crippen LogP contribution in [0.4, 0.5) is 4.39 Å². The molecule has 0 spiro atoms. The highest BCUT2D eigenvalue weighted by Gasteiger charge is 2.35. The van der Waals surface area contributed by atoms with Gasteiger partial charge in [0.2, 0.25) is 0 Å². The van der Waals surface area contributed by atoms with Crippen molar-refractivity contribution in [3.63, 3.8) is 0 Å². The summed E-state index contributed by atoms with van der Waals surface area (Å²) in [7, 11) is 0. The van der Waals surface area contributed by atoms with Gasteiger partial charge in [0.25, 0.3) is 0 Å². The molecule has 0 bridgehead atoms. The van der Waals surface area contributed by atoms with Crippen LogP contribution < -0.4 is 0 Å². The molecule has 1 atom stereocenters. The van der Waals surface area contributed by atoms with Crippen molar-refractivity contribution in [2.45, 2.75) is 25.4 Å². The fraction of sp³-hybridized carbons (Fsp3) is 0.462. The third-order valence-corrected chi connectivity index (χ3v) is 4.17. The first-order valence-corrected chi connectivity index (χ1v) is 6.62. The first-order chi connectivity index (χ1) is 7.61. The Morgan fingerprint density at radius 3 is 2.88 bits per heavy atom. The predicted molar refractivity (Wildman–Crippen MR) is 65.9 cm³/mol. The van der Waals surface area contributed by atoms with Crippen molar-refractivity contribution >= 4 is 17.5 Å². The SMILES string of the molecule is CC(=O)c1ccccc1CC1(F)CCSC1. The van der Waals surface area contributed by atoms with E-state index in [9.17, 15) is 9.18 Å². The van der Waals surface area contributed by atoms with Crippen molar-refractivity contribution in [2.24, 2.45) is 0 Å². The Balaban J connectivity index is 2.23. The molecule has 16 heavy (non-hydrogen) atoms. The number of halogens is 1. The minimum absolute atomic E-state index is 0.0184. The fourth-order valence-electron chi connectivity index (χ4n) is 2.08. The Hall–Kier alpha value is -0.830. The summed E-state index contributed by atoms with van der Waals surface area (Å²) >= 11 is 1.65. The van der Waals surface area contributed by atoms with Gasteiger partial charge in [-0.05, 0) is 24.7 Å². The number of rotatable bonds is 3. The molecule has 86 valence electrons. The van der Waals surface area contributed by atoms with Crippen molar-refractivity contribution in [3.8, 4) is 0 Å². The lowest BCUT2D eigenvalue weighted by Crippen LogP contribution is -2.26. The molecule has 1 saturated heterocycles. The number of carbonyl (C=O) groups is 1. The molecule has 1 nitrogen and oxygen atoms in total. The van der Waals surface area contributed by atoms with Crippen LogP contribution in [0.2, 0.25) is 0 Å². The Kier molecular flexibility index (Phi) is 3.33. The minimum Gasteiger partial charge on any atom is -0.295 e. The lowest BCUT2D eigenvalue weighted by Gasteiger charge is -2.19. The van der Waals surface area contributed by atoms with Crippen LogP contribution in [0.5, 0.6) is 0 Å². The number of Topliss-reactive ketones (excluding diaryl/α,β-unsaturated/α-hetero) is 1. The maximum absolute atomic E-state index is 14.3. The van der Waals surface area contributed by atoms with Crippen LogP contribution in [0, 0.1) is 0 Å². The fourth-order valence-corrected chi connectivity index (χ4v) is 3.35. The molecule has 1 fully saturated rings. The highest BCUT2D eigenvalue weighted by Crippen LogP contribution is 2.35. The van der Waals surface area contributed by atoms with Gasteiger partial charge in [-0.15, -0.1) is 0 Å². The molecule has 0 saturated carbocycles. The van der Waals surface area contributed by atoms with E-state index in [2.05, 4.69) is 0 Å². The van der Waals surface area contributed by atoms with E-state index >= 15 is 0 Å². The summed E-state index contributed by atoms with van der Waals surface area (Å²) in [6, 6.07) is 7.34. The highest BCUT2D eigenvalue weighted by atomic mass is 32.2. The molecule has 1 heterocycles. The number of benzene rings is 1. The second-order valence-electron chi connectivity index (χ2n) is 4.34. The summed E-state index contributed by atoms with van der Waals surface area (Å²) in [5, 5.41) is 0. The number of hydrogen-bond acceptors (Lipinski definition) is 2. The van der Waals surface area contributed by atoms with Gasteiger partial charge in [0.15, 0.2) is 5.78 Å². The van der Waals surface area contributed by atoms with Crippen LogP contribution in [0.15, 0.2) is 24.3 Å². The Morgan fingerprint density at radius 1 is 1.50 bits per heavy atom. The molecular weight excluding hydrogens is 223 g/mol. The molecule has 1 unspecified atom stereocenters. The van der Waals surface area contributed by atoms with Gasteiger partial charge in [0.1, 0.15) is 5.67 Å². The summed E-state index contributed by atoms with van der Waals surface area (Å²) < 4.78 is 14.3. The van der Waals surface area contributed by atoms with Gasteiger partial charge in [-0.3, -0.25) is 4.79 Å². The zero-order valence-corrected chi connectivity index (χ0v) is 10.1. The lowest BCUT2D eigenvalue weighted by atomic mass is 9.92. The van der Waals surface area contributed by atoms with Gasteiger partial charge >= 0.3 is 0 Å². The molecule has 0 N–H and O–H groups in total. The molecule has 0 aliphatic carbocycles. The Bertz CT molecular complexity index is 397. The van der Waals surface area contributed by atoms with Gasteiger partial charge in [-0.25, -0.2) is 4.39 Å². The first-order valence-electron chi connectivity index (χ1n) is 5.46. The van der Waals surface area contributed by atoms with E-state index in [1.807, 2.05) is 18.2 Å². The molecule has 0 amide bonds. The molecule has 1 aliphatic rings. The second kappa shape index (κ2) is 4.58. The molecule has 1 aromatic carbocycles. The van der Waals surface area contributed by atoms with Crippen molar-refractivity contribution in [2.75, 3.05) is 11.5 Å². The number of alkyl halides is 1. The quantitative estimate of drug-likeness (QED) is 0.752. The van der Waals surface area contributed by atoms with Crippen molar-refractivity contribution < 1.29 is 9.18 Å². The third kappa shape index (κ3) is 2.46. The standard InChI is InChI=1S/C13H15FOS/c1-10(15)12-5-3-2-4-11(12)8-13(14)6-7-16-9-13/h2-5H,6-9H2,1H3. The molecular formula is C13H15FOS. The maximum Gasteiger partial charge on any atom is 0.160 e. The first kappa shape index (κ1) is 11.6. The number of hydrogen-bond donors (Lipinski definition) is 0. The molecule has 0 aromatic heterocycles. The molecule has 1 aromatic rings. The highest BCUT2D eigenvalue weighted by molar-refractivity contribution is 7.99. The van der Waals surface area contributed by atoms with Gasteiger partial charge < -0.3 is 0 Å². The Morgan fingerprint density at radius 2 is 2.25 bits per heavy atom. The minimum atomic E-state index is -1.11. The monoisotopic (exact) mass is 238 g/mol. The number of ketones is 1. The Labute approximate surface area is 99.4 Å². The van der Waals surface area contributed by atoms with Gasteiger partial charge in [-0.1, -0.05) is 24.3 Å². The average molecular weight is 238 g/mol. The smallest absolute Gasteiger partial charge is 0.160 e. The van der Waals surface area contributed by atoms with Crippen LogP contribution in [0.1, 0.15) is 29.3 Å². The van der Waals surface area contributed by atoms with Gasteiger partial charge in [0.05, 0.1) is 0 Å². The second-order valence-corrected chi connectivity index (χ2v) is 5.45. The van der Waals surface area contributed by atoms with Crippen LogP contribution >= 0.6 is 11.8 Å². The normalized spacial score (nSPS) is 24.6. The van der Waals surface area contributed by atoms with Crippen molar-refractivity contribution in [3.05, 3.63) is 35.4 Å². The third-order valence-electron chi connectivity index (χ3n) is 2.96. The van der Waals surface area contributed by atoms with E-state index in [4.69, 9.17) is 0 Å². The number of thioether (sulfide) groups is 1. The summed E-state index contributed by atoms with van der Waals surface area (Å²) in [6.07, 6.45) is 0.972. The van der Waals surface area contributed by atoms with E-state index in [0.29, 0.717) is 24.2 Å². The number of carbonyl (C=O) groups excluding carboxylic acids is 1. The van der Waals surface area contributed by atoms with Crippen LogP contribution in [-0.4, -0.2) is 23.0 Å². The molecule has 2 rings (SSSR count). The summed E-state index contributed by atoms with van der Waals surface area (Å²) in [4.78, 5) is 11.4. The topological polar surface area (TPSA) is 17.1 Å². The van der Waals surface area contributed by atoms with Crippen molar-refractivity contribution in [1.29, 1.82) is 0 Å². The van der Waals surface area contributed by atoms with Crippen molar-refractivity contribution in [1.82, 2.24) is 0 Å². The van der Waals surface area contributed by atoms with Crippen LogP contribution in [0.25, 0.3) is 0 Å². The molecule has 1 aliphatic heterocycles. The summed E-state index contributed by atoms with van der Waals surface area (Å²) in [6.45, 7) is 1.53. The predicted octanol–water partition coefficient (Wildman–Crippen LogP) is 3.28. The average Bonchev–Trinajstić information content (AvgIpc) is 2.65. The van der Waals surface area contributed by atoms with E-state index in [1.54, 1.807) is 17.8 Å². The molecule has 0 radical (unpaired) electrons. The maximum atomic E-state index is 14.3. The zero-order chi connectivity index (χ0) is 11.6. The van der Waals surface area contributed by atoms with E-state index < -0.39 is 5.67 Å². The van der Waals surface area contributed by atoms with Gasteiger partial charge in [0, 0.05) is 17.7 Å². The largest absolute Gasteiger partial charge is 0.295 e.